The summed E-state index contributed by atoms with van der Waals surface area (Å²) >= 11 is 0. The van der Waals surface area contributed by atoms with Gasteiger partial charge >= 0.3 is 0 Å². The van der Waals surface area contributed by atoms with Crippen molar-refractivity contribution < 1.29 is 20.4 Å². The number of hydrogen-bond acceptors (Lipinski definition) is 0. The van der Waals surface area contributed by atoms with E-state index in [2.05, 4.69) is 6.07 Å². The Labute approximate surface area is 63.6 Å². The van der Waals surface area contributed by atoms with Gasteiger partial charge in [0.15, 0.2) is 0 Å². The fourth-order valence-electron chi connectivity index (χ4n) is 0.483. The first-order chi connectivity index (χ1) is 3.39. The molecular formula is C7H7Pd-. The summed E-state index contributed by atoms with van der Waals surface area (Å²) in [4.78, 5) is 0. The van der Waals surface area contributed by atoms with Gasteiger partial charge < -0.3 is 0 Å². The van der Waals surface area contributed by atoms with Crippen molar-refractivity contribution in [1.82, 2.24) is 0 Å². The van der Waals surface area contributed by atoms with Crippen molar-refractivity contribution in [3.8, 4) is 0 Å². The zero-order valence-electron chi connectivity index (χ0n) is 4.63. The molecule has 8 heavy (non-hydrogen) atoms. The van der Waals surface area contributed by atoms with Gasteiger partial charge in [0.25, 0.3) is 0 Å². The molecule has 0 aliphatic carbocycles. The fourth-order valence-corrected chi connectivity index (χ4v) is 0.483. The molecule has 0 heterocycles. The zero-order chi connectivity index (χ0) is 5.11. The van der Waals surface area contributed by atoms with Crippen LogP contribution in [0.2, 0.25) is 0 Å². The topological polar surface area (TPSA) is 0 Å². The quantitative estimate of drug-likeness (QED) is 0.440. The van der Waals surface area contributed by atoms with Gasteiger partial charge in [0.1, 0.15) is 0 Å². The molecule has 1 aromatic carbocycles. The van der Waals surface area contributed by atoms with Crippen LogP contribution in [0.1, 0.15) is 5.56 Å². The minimum absolute atomic E-state index is 0. The maximum Gasteiger partial charge on any atom is 0 e. The third-order valence-electron chi connectivity index (χ3n) is 0.865. The molecule has 0 radical (unpaired) electrons. The van der Waals surface area contributed by atoms with Crippen molar-refractivity contribution in [1.29, 1.82) is 0 Å². The molecule has 1 heteroatoms. The summed E-state index contributed by atoms with van der Waals surface area (Å²) in [5, 5.41) is 0. The Morgan fingerprint density at radius 1 is 1.38 bits per heavy atom. The Kier molecular flexibility index (Phi) is 3.78. The third kappa shape index (κ3) is 2.26. The molecule has 0 fully saturated rings. The summed E-state index contributed by atoms with van der Waals surface area (Å²) in [5.74, 6) is 0. The van der Waals surface area contributed by atoms with E-state index < -0.39 is 0 Å². The Morgan fingerprint density at radius 2 is 2.12 bits per heavy atom. The van der Waals surface area contributed by atoms with Crippen molar-refractivity contribution in [2.24, 2.45) is 0 Å². The van der Waals surface area contributed by atoms with Crippen LogP contribution >= 0.6 is 0 Å². The zero-order valence-corrected chi connectivity index (χ0v) is 6.18. The fraction of sp³-hybridized carbons (Fsp3) is 0.143. The first-order valence-electron chi connectivity index (χ1n) is 2.33. The normalized spacial score (nSPS) is 7.62. The molecule has 0 amide bonds. The van der Waals surface area contributed by atoms with Gasteiger partial charge in [-0.05, 0) is 0 Å². The van der Waals surface area contributed by atoms with E-state index in [0.29, 0.717) is 0 Å². The number of aryl methyl sites for hydroxylation is 1. The van der Waals surface area contributed by atoms with Gasteiger partial charge in [-0.1, -0.05) is 6.92 Å². The van der Waals surface area contributed by atoms with E-state index in [1.165, 1.54) is 5.56 Å². The minimum atomic E-state index is 0. The molecule has 0 saturated heterocycles. The van der Waals surface area contributed by atoms with E-state index in [0.717, 1.165) is 0 Å². The molecule has 0 N–H and O–H groups in total. The maximum atomic E-state index is 3.03. The van der Waals surface area contributed by atoms with Crippen LogP contribution in [0, 0.1) is 13.0 Å². The summed E-state index contributed by atoms with van der Waals surface area (Å²) in [6.07, 6.45) is 0. The number of benzene rings is 1. The Balaban J connectivity index is 0.000000490. The molecule has 0 atom stereocenters. The number of rotatable bonds is 0. The second-order valence-electron chi connectivity index (χ2n) is 1.55. The van der Waals surface area contributed by atoms with Crippen molar-refractivity contribution in [2.45, 2.75) is 6.92 Å². The SMILES string of the molecule is Cc1[c-]cccc1.[Pd]. The van der Waals surface area contributed by atoms with E-state index in [1.807, 2.05) is 31.2 Å². The average molecular weight is 198 g/mol. The Hall–Kier alpha value is -0.118. The van der Waals surface area contributed by atoms with Crippen LogP contribution in [0.25, 0.3) is 0 Å². The van der Waals surface area contributed by atoms with Crippen LogP contribution in [-0.4, -0.2) is 0 Å². The Bertz CT molecular complexity index is 134. The predicted molar refractivity (Wildman–Crippen MR) is 30.0 cm³/mol. The second-order valence-corrected chi connectivity index (χ2v) is 1.55. The van der Waals surface area contributed by atoms with Gasteiger partial charge in [-0.15, -0.1) is 0 Å². The van der Waals surface area contributed by atoms with E-state index in [1.54, 1.807) is 0 Å². The van der Waals surface area contributed by atoms with E-state index in [-0.39, 0.29) is 20.4 Å². The molecule has 0 aromatic heterocycles. The van der Waals surface area contributed by atoms with Crippen LogP contribution < -0.4 is 0 Å². The van der Waals surface area contributed by atoms with E-state index in [4.69, 9.17) is 0 Å². The molecule has 0 bridgehead atoms. The largest absolute Gasteiger partial charge is 0.181 e. The van der Waals surface area contributed by atoms with Gasteiger partial charge in [-0.25, -0.2) is 0 Å². The average Bonchev–Trinajstić information content (AvgIpc) is 1.69. The molecular weight excluding hydrogens is 190 g/mol. The Morgan fingerprint density at radius 3 is 2.38 bits per heavy atom. The van der Waals surface area contributed by atoms with E-state index >= 15 is 0 Å². The van der Waals surface area contributed by atoms with Crippen molar-refractivity contribution in [3.05, 3.63) is 35.9 Å². The molecule has 0 aliphatic heterocycles. The van der Waals surface area contributed by atoms with Gasteiger partial charge in [-0.3, -0.25) is 0 Å². The van der Waals surface area contributed by atoms with E-state index in [9.17, 15) is 0 Å². The molecule has 1 rings (SSSR count). The summed E-state index contributed by atoms with van der Waals surface area (Å²) in [5.41, 5.74) is 1.20. The van der Waals surface area contributed by atoms with Crippen LogP contribution in [0.15, 0.2) is 24.3 Å². The van der Waals surface area contributed by atoms with Crippen molar-refractivity contribution in [3.63, 3.8) is 0 Å². The predicted octanol–water partition coefficient (Wildman–Crippen LogP) is 1.79. The van der Waals surface area contributed by atoms with Crippen LogP contribution in [0.5, 0.6) is 0 Å². The van der Waals surface area contributed by atoms with Crippen LogP contribution in [0.4, 0.5) is 0 Å². The van der Waals surface area contributed by atoms with Gasteiger partial charge in [-0.2, -0.15) is 35.9 Å². The maximum absolute atomic E-state index is 3.03. The van der Waals surface area contributed by atoms with Gasteiger partial charge in [0.05, 0.1) is 0 Å². The first-order valence-corrected chi connectivity index (χ1v) is 2.33. The number of hydrogen-bond donors (Lipinski definition) is 0. The summed E-state index contributed by atoms with van der Waals surface area (Å²) < 4.78 is 0. The molecule has 0 unspecified atom stereocenters. The molecule has 0 saturated carbocycles. The van der Waals surface area contributed by atoms with Gasteiger partial charge in [0.2, 0.25) is 0 Å². The monoisotopic (exact) mass is 197 g/mol. The van der Waals surface area contributed by atoms with Crippen molar-refractivity contribution >= 4 is 0 Å². The molecule has 46 valence electrons. The summed E-state index contributed by atoms with van der Waals surface area (Å²) in [6, 6.07) is 10.9. The molecule has 0 nitrogen and oxygen atoms in total. The summed E-state index contributed by atoms with van der Waals surface area (Å²) in [6.45, 7) is 2.03. The smallest absolute Gasteiger partial charge is 0 e. The first kappa shape index (κ1) is 7.88. The molecule has 0 spiro atoms. The minimum Gasteiger partial charge on any atom is -0.181 e. The van der Waals surface area contributed by atoms with Crippen LogP contribution in [-0.2, 0) is 20.4 Å². The van der Waals surface area contributed by atoms with Crippen molar-refractivity contribution in [2.75, 3.05) is 0 Å². The summed E-state index contributed by atoms with van der Waals surface area (Å²) in [7, 11) is 0. The van der Waals surface area contributed by atoms with Crippen LogP contribution in [0.3, 0.4) is 0 Å². The molecule has 0 aliphatic rings. The third-order valence-corrected chi connectivity index (χ3v) is 0.865. The standard InChI is InChI=1S/C7H7.Pd/c1-7-5-3-2-4-6-7;/h2-5H,1H3;/q-1;. The second kappa shape index (κ2) is 3.83. The van der Waals surface area contributed by atoms with Gasteiger partial charge in [0, 0.05) is 20.4 Å². The molecule has 1 aromatic rings.